The van der Waals surface area contributed by atoms with E-state index in [1.807, 2.05) is 30.3 Å². The fourth-order valence-corrected chi connectivity index (χ4v) is 3.24. The summed E-state index contributed by atoms with van der Waals surface area (Å²) in [6.45, 7) is 3.75. The zero-order valence-electron chi connectivity index (χ0n) is 15.3. The van der Waals surface area contributed by atoms with Crippen molar-refractivity contribution in [2.75, 3.05) is 6.26 Å². The van der Waals surface area contributed by atoms with Gasteiger partial charge in [-0.3, -0.25) is 4.79 Å². The zero-order valence-corrected chi connectivity index (χ0v) is 16.1. The maximum absolute atomic E-state index is 12.5. The number of benzene rings is 2. The van der Waals surface area contributed by atoms with Crippen molar-refractivity contribution < 1.29 is 17.9 Å². The van der Waals surface area contributed by atoms with Crippen LogP contribution in [0, 0.1) is 0 Å². The molecule has 0 aromatic heterocycles. The average Bonchev–Trinajstić information content (AvgIpc) is 2.61. The highest BCUT2D eigenvalue weighted by Gasteiger charge is 2.20. The molecule has 5 nitrogen and oxygen atoms in total. The van der Waals surface area contributed by atoms with Crippen LogP contribution >= 0.6 is 0 Å². The first-order valence-corrected chi connectivity index (χ1v) is 10.5. The van der Waals surface area contributed by atoms with Crippen molar-refractivity contribution >= 4 is 15.7 Å². The van der Waals surface area contributed by atoms with Crippen molar-refractivity contribution in [1.29, 1.82) is 0 Å². The van der Waals surface area contributed by atoms with Gasteiger partial charge in [-0.25, -0.2) is 8.42 Å². The molecule has 2 unspecified atom stereocenters. The molecule has 140 valence electrons. The van der Waals surface area contributed by atoms with Crippen LogP contribution in [0.25, 0.3) is 0 Å². The SMILES string of the molecule is CCCC(NC(=O)C(C)Oc1ccc(S(C)(=O)=O)cc1)c1ccccc1. The Bertz CT molecular complexity index is 817. The molecule has 26 heavy (non-hydrogen) atoms. The van der Waals surface area contributed by atoms with E-state index in [0.29, 0.717) is 5.75 Å². The van der Waals surface area contributed by atoms with Crippen LogP contribution in [0.2, 0.25) is 0 Å². The first-order chi connectivity index (χ1) is 12.3. The van der Waals surface area contributed by atoms with Gasteiger partial charge in [-0.2, -0.15) is 0 Å². The topological polar surface area (TPSA) is 72.5 Å². The van der Waals surface area contributed by atoms with Gasteiger partial charge in [-0.05, 0) is 43.2 Å². The lowest BCUT2D eigenvalue weighted by atomic mass is 10.0. The summed E-state index contributed by atoms with van der Waals surface area (Å²) in [6.07, 6.45) is 2.24. The molecule has 2 atom stereocenters. The van der Waals surface area contributed by atoms with Gasteiger partial charge in [0.05, 0.1) is 10.9 Å². The molecule has 0 aliphatic heterocycles. The van der Waals surface area contributed by atoms with Crippen LogP contribution in [-0.2, 0) is 14.6 Å². The Morgan fingerprint density at radius 3 is 2.23 bits per heavy atom. The summed E-state index contributed by atoms with van der Waals surface area (Å²) < 4.78 is 28.6. The average molecular weight is 375 g/mol. The van der Waals surface area contributed by atoms with Crippen LogP contribution in [0.5, 0.6) is 5.75 Å². The minimum absolute atomic E-state index is 0.0626. The number of nitrogens with one attached hydrogen (secondary N) is 1. The van der Waals surface area contributed by atoms with Gasteiger partial charge in [0, 0.05) is 6.26 Å². The number of amides is 1. The Balaban J connectivity index is 2.02. The van der Waals surface area contributed by atoms with E-state index in [4.69, 9.17) is 4.74 Å². The van der Waals surface area contributed by atoms with Crippen molar-refractivity contribution in [3.8, 4) is 5.75 Å². The summed E-state index contributed by atoms with van der Waals surface area (Å²) in [5.41, 5.74) is 1.06. The summed E-state index contributed by atoms with van der Waals surface area (Å²) in [4.78, 5) is 12.7. The first-order valence-electron chi connectivity index (χ1n) is 8.63. The quantitative estimate of drug-likeness (QED) is 0.766. The van der Waals surface area contributed by atoms with E-state index >= 15 is 0 Å². The molecular weight excluding hydrogens is 350 g/mol. The molecule has 2 aromatic carbocycles. The molecule has 0 aliphatic rings. The summed E-state index contributed by atoms with van der Waals surface area (Å²) >= 11 is 0. The molecule has 0 aliphatic carbocycles. The Kier molecular flexibility index (Phi) is 6.80. The first kappa shape index (κ1) is 20.0. The number of carbonyl (C=O) groups excluding carboxylic acids is 1. The lowest BCUT2D eigenvalue weighted by Crippen LogP contribution is -2.38. The molecule has 1 N–H and O–H groups in total. The molecule has 0 saturated carbocycles. The minimum Gasteiger partial charge on any atom is -0.481 e. The second-order valence-corrected chi connectivity index (χ2v) is 8.28. The molecule has 2 aromatic rings. The van der Waals surface area contributed by atoms with E-state index in [1.165, 1.54) is 12.1 Å². The normalized spacial score (nSPS) is 13.7. The van der Waals surface area contributed by atoms with Gasteiger partial charge in [0.15, 0.2) is 15.9 Å². The van der Waals surface area contributed by atoms with Crippen LogP contribution in [0.1, 0.15) is 38.3 Å². The van der Waals surface area contributed by atoms with E-state index in [2.05, 4.69) is 12.2 Å². The molecule has 0 fully saturated rings. The van der Waals surface area contributed by atoms with Gasteiger partial charge in [0.25, 0.3) is 5.91 Å². The monoisotopic (exact) mass is 375 g/mol. The number of hydrogen-bond acceptors (Lipinski definition) is 4. The van der Waals surface area contributed by atoms with Crippen molar-refractivity contribution in [1.82, 2.24) is 5.32 Å². The van der Waals surface area contributed by atoms with E-state index in [0.717, 1.165) is 24.7 Å². The van der Waals surface area contributed by atoms with Crippen LogP contribution < -0.4 is 10.1 Å². The summed E-state index contributed by atoms with van der Waals surface area (Å²) in [6, 6.07) is 15.8. The van der Waals surface area contributed by atoms with Crippen LogP contribution in [-0.4, -0.2) is 26.7 Å². The van der Waals surface area contributed by atoms with Gasteiger partial charge in [-0.15, -0.1) is 0 Å². The van der Waals surface area contributed by atoms with Gasteiger partial charge >= 0.3 is 0 Å². The molecule has 0 bridgehead atoms. The third-order valence-electron chi connectivity index (χ3n) is 4.03. The Morgan fingerprint density at radius 1 is 1.08 bits per heavy atom. The van der Waals surface area contributed by atoms with Gasteiger partial charge < -0.3 is 10.1 Å². The maximum atomic E-state index is 12.5. The third kappa shape index (κ3) is 5.59. The second-order valence-electron chi connectivity index (χ2n) is 6.26. The van der Waals surface area contributed by atoms with Crippen molar-refractivity contribution in [3.05, 3.63) is 60.2 Å². The Labute approximate surface area is 155 Å². The van der Waals surface area contributed by atoms with E-state index < -0.39 is 15.9 Å². The number of ether oxygens (including phenoxy) is 1. The molecule has 1 amide bonds. The van der Waals surface area contributed by atoms with E-state index in [1.54, 1.807) is 19.1 Å². The number of sulfone groups is 1. The summed E-state index contributed by atoms with van der Waals surface area (Å²) in [7, 11) is -3.25. The molecule has 6 heteroatoms. The van der Waals surface area contributed by atoms with Gasteiger partial charge in [-0.1, -0.05) is 43.7 Å². The molecule has 0 spiro atoms. The van der Waals surface area contributed by atoms with Gasteiger partial charge in [0.2, 0.25) is 0 Å². The van der Waals surface area contributed by atoms with Crippen molar-refractivity contribution in [3.63, 3.8) is 0 Å². The second kappa shape index (κ2) is 8.85. The van der Waals surface area contributed by atoms with Crippen LogP contribution in [0.3, 0.4) is 0 Å². The fraction of sp³-hybridized carbons (Fsp3) is 0.350. The molecule has 0 saturated heterocycles. The lowest BCUT2D eigenvalue weighted by Gasteiger charge is -2.22. The summed E-state index contributed by atoms with van der Waals surface area (Å²) in [5, 5.41) is 3.03. The lowest BCUT2D eigenvalue weighted by molar-refractivity contribution is -0.128. The Morgan fingerprint density at radius 2 is 1.69 bits per heavy atom. The molecular formula is C20H25NO4S. The van der Waals surface area contributed by atoms with Gasteiger partial charge in [0.1, 0.15) is 5.75 Å². The van der Waals surface area contributed by atoms with Crippen molar-refractivity contribution in [2.45, 2.75) is 43.7 Å². The Hall–Kier alpha value is -2.34. The zero-order chi connectivity index (χ0) is 19.2. The standard InChI is InChI=1S/C20H25NO4S/c1-4-8-19(16-9-6-5-7-10-16)21-20(22)15(2)25-17-11-13-18(14-12-17)26(3,23)24/h5-7,9-15,19H,4,8H2,1-3H3,(H,21,22). The van der Waals surface area contributed by atoms with Crippen LogP contribution in [0.15, 0.2) is 59.5 Å². The highest BCUT2D eigenvalue weighted by molar-refractivity contribution is 7.90. The fourth-order valence-electron chi connectivity index (χ4n) is 2.61. The highest BCUT2D eigenvalue weighted by atomic mass is 32.2. The summed E-state index contributed by atoms with van der Waals surface area (Å²) in [5.74, 6) is 0.242. The maximum Gasteiger partial charge on any atom is 0.261 e. The van der Waals surface area contributed by atoms with E-state index in [-0.39, 0.29) is 16.8 Å². The van der Waals surface area contributed by atoms with E-state index in [9.17, 15) is 13.2 Å². The predicted molar refractivity (Wildman–Crippen MR) is 102 cm³/mol. The van der Waals surface area contributed by atoms with Crippen LogP contribution in [0.4, 0.5) is 0 Å². The molecule has 0 radical (unpaired) electrons. The number of hydrogen-bond donors (Lipinski definition) is 1. The number of rotatable bonds is 8. The third-order valence-corrected chi connectivity index (χ3v) is 5.16. The highest BCUT2D eigenvalue weighted by Crippen LogP contribution is 2.20. The minimum atomic E-state index is -3.25. The molecule has 2 rings (SSSR count). The van der Waals surface area contributed by atoms with Crippen molar-refractivity contribution in [2.24, 2.45) is 0 Å². The largest absolute Gasteiger partial charge is 0.481 e. The smallest absolute Gasteiger partial charge is 0.261 e. The molecule has 0 heterocycles. The number of carbonyl (C=O) groups is 1. The predicted octanol–water partition coefficient (Wildman–Crippen LogP) is 3.52.